The summed E-state index contributed by atoms with van der Waals surface area (Å²) in [6.45, 7) is -3.79. The highest BCUT2D eigenvalue weighted by Crippen LogP contribution is 2.16. The van der Waals surface area contributed by atoms with E-state index in [-0.39, 0.29) is 6.10 Å². The molecule has 0 saturated carbocycles. The summed E-state index contributed by atoms with van der Waals surface area (Å²) in [5, 5.41) is 0. The van der Waals surface area contributed by atoms with Gasteiger partial charge in [0.15, 0.2) is 0 Å². The van der Waals surface area contributed by atoms with Gasteiger partial charge in [0.25, 0.3) is 0 Å². The van der Waals surface area contributed by atoms with Crippen LogP contribution in [0.5, 0.6) is 5.75 Å². The molecular weight excluding hydrogens is 244 g/mol. The Kier molecular flexibility index (Phi) is 4.17. The molecule has 18 heavy (non-hydrogen) atoms. The monoisotopic (exact) mass is 259 g/mol. The van der Waals surface area contributed by atoms with Gasteiger partial charge in [-0.05, 0) is 31.4 Å². The lowest BCUT2D eigenvalue weighted by Crippen LogP contribution is -2.33. The zero-order chi connectivity index (χ0) is 13.0. The molecule has 1 aromatic carbocycles. The molecule has 1 aromatic rings. The third kappa shape index (κ3) is 3.66. The molecule has 1 aliphatic heterocycles. The smallest absolute Gasteiger partial charge is 0.491 e. The van der Waals surface area contributed by atoms with Crippen LogP contribution in [0.2, 0.25) is 0 Å². The van der Waals surface area contributed by atoms with Crippen LogP contribution in [-0.2, 0) is 4.74 Å². The van der Waals surface area contributed by atoms with Gasteiger partial charge in [0, 0.05) is 6.61 Å². The highest BCUT2D eigenvalue weighted by atomic mass is 19.4. The molecular formula is C12H15BF3O2-. The van der Waals surface area contributed by atoms with Gasteiger partial charge in [-0.25, -0.2) is 0 Å². The van der Waals surface area contributed by atoms with Crippen molar-refractivity contribution < 1.29 is 22.4 Å². The third-order valence-corrected chi connectivity index (χ3v) is 2.97. The molecule has 2 nitrogen and oxygen atoms in total. The van der Waals surface area contributed by atoms with Crippen LogP contribution in [0, 0.1) is 0 Å². The van der Waals surface area contributed by atoms with Crippen LogP contribution in [0.15, 0.2) is 24.3 Å². The molecule has 0 amide bonds. The largest absolute Gasteiger partial charge is 0.509 e. The predicted molar refractivity (Wildman–Crippen MR) is 64.2 cm³/mol. The van der Waals surface area contributed by atoms with Crippen LogP contribution >= 0.6 is 0 Å². The topological polar surface area (TPSA) is 18.5 Å². The minimum atomic E-state index is -4.93. The molecule has 1 fully saturated rings. The fourth-order valence-corrected chi connectivity index (χ4v) is 1.91. The minimum Gasteiger partial charge on any atom is -0.491 e. The molecule has 2 rings (SSSR count). The van der Waals surface area contributed by atoms with Crippen LogP contribution in [0.1, 0.15) is 19.3 Å². The summed E-state index contributed by atoms with van der Waals surface area (Å²) in [6.07, 6.45) is 3.19. The van der Waals surface area contributed by atoms with Crippen molar-refractivity contribution in [3.05, 3.63) is 24.3 Å². The van der Waals surface area contributed by atoms with Crippen molar-refractivity contribution in [3.8, 4) is 5.75 Å². The molecule has 0 aromatic heterocycles. The normalized spacial score (nSPS) is 20.7. The maximum Gasteiger partial charge on any atom is 0.509 e. The van der Waals surface area contributed by atoms with Crippen LogP contribution in [0.3, 0.4) is 0 Å². The first kappa shape index (κ1) is 13.3. The Balaban J connectivity index is 1.86. The SMILES string of the molecule is F[B-](F)(F)c1ccc(OCC2CCCCO2)cc1. The van der Waals surface area contributed by atoms with Crippen molar-refractivity contribution >= 4 is 12.4 Å². The van der Waals surface area contributed by atoms with Crippen molar-refractivity contribution in [2.75, 3.05) is 13.2 Å². The van der Waals surface area contributed by atoms with Gasteiger partial charge < -0.3 is 22.4 Å². The zero-order valence-corrected chi connectivity index (χ0v) is 9.95. The first-order valence-electron chi connectivity index (χ1n) is 6.10. The van der Waals surface area contributed by atoms with E-state index in [1.165, 1.54) is 12.1 Å². The Morgan fingerprint density at radius 1 is 1.17 bits per heavy atom. The second-order valence-electron chi connectivity index (χ2n) is 4.44. The van der Waals surface area contributed by atoms with Gasteiger partial charge in [0.1, 0.15) is 12.4 Å². The van der Waals surface area contributed by atoms with Crippen LogP contribution in [0.4, 0.5) is 12.9 Å². The number of hydrogen-bond acceptors (Lipinski definition) is 2. The lowest BCUT2D eigenvalue weighted by atomic mass is 9.80. The summed E-state index contributed by atoms with van der Waals surface area (Å²) in [5.74, 6) is 0.452. The fourth-order valence-electron chi connectivity index (χ4n) is 1.91. The Morgan fingerprint density at radius 3 is 2.44 bits per heavy atom. The van der Waals surface area contributed by atoms with Crippen molar-refractivity contribution in [2.24, 2.45) is 0 Å². The van der Waals surface area contributed by atoms with E-state index >= 15 is 0 Å². The lowest BCUT2D eigenvalue weighted by molar-refractivity contribution is -0.0110. The van der Waals surface area contributed by atoms with Crippen LogP contribution in [-0.4, -0.2) is 26.3 Å². The molecule has 6 heteroatoms. The molecule has 0 aliphatic carbocycles. The second kappa shape index (κ2) is 5.65. The number of benzene rings is 1. The van der Waals surface area contributed by atoms with Gasteiger partial charge in [-0.15, -0.1) is 5.46 Å². The summed E-state index contributed by atoms with van der Waals surface area (Å²) >= 11 is 0. The molecule has 0 N–H and O–H groups in total. The van der Waals surface area contributed by atoms with Gasteiger partial charge in [-0.1, -0.05) is 12.1 Å². The first-order chi connectivity index (χ1) is 8.55. The fraction of sp³-hybridized carbons (Fsp3) is 0.500. The third-order valence-electron chi connectivity index (χ3n) is 2.97. The van der Waals surface area contributed by atoms with E-state index in [0.717, 1.165) is 38.0 Å². The van der Waals surface area contributed by atoms with E-state index in [0.29, 0.717) is 12.4 Å². The summed E-state index contributed by atoms with van der Waals surface area (Å²) < 4.78 is 48.1. The molecule has 1 aliphatic rings. The minimum absolute atomic E-state index is 0.0604. The molecule has 1 heterocycles. The van der Waals surface area contributed by atoms with E-state index in [4.69, 9.17) is 9.47 Å². The average Bonchev–Trinajstić information content (AvgIpc) is 2.37. The first-order valence-corrected chi connectivity index (χ1v) is 6.10. The maximum absolute atomic E-state index is 12.4. The Morgan fingerprint density at radius 2 is 1.89 bits per heavy atom. The van der Waals surface area contributed by atoms with E-state index in [1.807, 2.05) is 0 Å². The van der Waals surface area contributed by atoms with Gasteiger partial charge in [-0.2, -0.15) is 0 Å². The van der Waals surface area contributed by atoms with Crippen molar-refractivity contribution in [1.29, 1.82) is 0 Å². The van der Waals surface area contributed by atoms with E-state index in [1.54, 1.807) is 0 Å². The lowest BCUT2D eigenvalue weighted by Gasteiger charge is -2.22. The van der Waals surface area contributed by atoms with E-state index in [9.17, 15) is 12.9 Å². The highest BCUT2D eigenvalue weighted by molar-refractivity contribution is 6.73. The highest BCUT2D eigenvalue weighted by Gasteiger charge is 2.25. The zero-order valence-electron chi connectivity index (χ0n) is 9.95. The quantitative estimate of drug-likeness (QED) is 0.774. The Labute approximate surface area is 104 Å². The molecule has 1 atom stereocenters. The van der Waals surface area contributed by atoms with E-state index in [2.05, 4.69) is 0 Å². The van der Waals surface area contributed by atoms with Gasteiger partial charge in [0.05, 0.1) is 6.10 Å². The van der Waals surface area contributed by atoms with Crippen LogP contribution in [0.25, 0.3) is 0 Å². The molecule has 1 saturated heterocycles. The molecule has 0 bridgehead atoms. The molecule has 0 radical (unpaired) electrons. The second-order valence-corrected chi connectivity index (χ2v) is 4.44. The predicted octanol–water partition coefficient (Wildman–Crippen LogP) is 2.69. The maximum atomic E-state index is 12.4. The van der Waals surface area contributed by atoms with E-state index < -0.39 is 12.4 Å². The Bertz CT molecular complexity index is 372. The summed E-state index contributed by atoms with van der Waals surface area (Å²) in [5.41, 5.74) is -0.601. The molecule has 0 spiro atoms. The molecule has 1 unspecified atom stereocenters. The van der Waals surface area contributed by atoms with Crippen molar-refractivity contribution in [1.82, 2.24) is 0 Å². The van der Waals surface area contributed by atoms with Gasteiger partial charge >= 0.3 is 6.98 Å². The number of ether oxygens (including phenoxy) is 2. The molecule has 100 valence electrons. The number of halogens is 3. The van der Waals surface area contributed by atoms with Crippen molar-refractivity contribution in [2.45, 2.75) is 25.4 Å². The standard InChI is InChI=1S/C12H15BF3O2/c14-13(15,16)10-4-6-11(7-5-10)18-9-12-3-1-2-8-17-12/h4-7,12H,1-3,8-9H2/q-1. The summed E-state index contributed by atoms with van der Waals surface area (Å²) in [6, 6.07) is 4.81. The van der Waals surface area contributed by atoms with Crippen LogP contribution < -0.4 is 10.2 Å². The van der Waals surface area contributed by atoms with Crippen molar-refractivity contribution in [3.63, 3.8) is 0 Å². The summed E-state index contributed by atoms with van der Waals surface area (Å²) in [7, 11) is 0. The average molecular weight is 259 g/mol. The Hall–Kier alpha value is -1.17. The van der Waals surface area contributed by atoms with Gasteiger partial charge in [0.2, 0.25) is 0 Å². The number of hydrogen-bond donors (Lipinski definition) is 0. The summed E-state index contributed by atoms with van der Waals surface area (Å²) in [4.78, 5) is 0. The van der Waals surface area contributed by atoms with Gasteiger partial charge in [-0.3, -0.25) is 0 Å². The number of rotatable bonds is 4.